The quantitative estimate of drug-likeness (QED) is 0.664. The van der Waals surface area contributed by atoms with Crippen LogP contribution >= 0.6 is 11.8 Å². The van der Waals surface area contributed by atoms with Crippen molar-refractivity contribution in [2.45, 2.75) is 11.4 Å². The van der Waals surface area contributed by atoms with Crippen molar-refractivity contribution in [1.82, 2.24) is 14.7 Å². The molecule has 0 saturated carbocycles. The fourth-order valence-electron chi connectivity index (χ4n) is 2.45. The average Bonchev–Trinajstić information content (AvgIpc) is 3.12. The summed E-state index contributed by atoms with van der Waals surface area (Å²) in [6, 6.07) is 18.0. The van der Waals surface area contributed by atoms with E-state index < -0.39 is 0 Å². The fraction of sp³-hybridized carbons (Fsp3) is 0.158. The Labute approximate surface area is 146 Å². The Morgan fingerprint density at radius 3 is 2.50 bits per heavy atom. The largest absolute Gasteiger partial charge is 0.337 e. The molecule has 0 fully saturated rings. The molecule has 4 nitrogen and oxygen atoms in total. The van der Waals surface area contributed by atoms with E-state index in [0.29, 0.717) is 12.1 Å². The molecule has 3 aromatic rings. The number of para-hydroxylation sites is 1. The van der Waals surface area contributed by atoms with Crippen LogP contribution in [0.4, 0.5) is 0 Å². The molecular weight excluding hydrogens is 318 g/mol. The van der Waals surface area contributed by atoms with E-state index in [1.165, 1.54) is 4.90 Å². The van der Waals surface area contributed by atoms with Gasteiger partial charge in [-0.15, -0.1) is 11.8 Å². The lowest BCUT2D eigenvalue weighted by molar-refractivity contribution is 0.0785. The van der Waals surface area contributed by atoms with E-state index in [1.807, 2.05) is 37.4 Å². The van der Waals surface area contributed by atoms with Gasteiger partial charge in [0.1, 0.15) is 0 Å². The Kier molecular flexibility index (Phi) is 5.01. The van der Waals surface area contributed by atoms with Gasteiger partial charge in [0.05, 0.1) is 17.4 Å². The molecule has 0 bridgehead atoms. The first-order valence-electron chi connectivity index (χ1n) is 7.66. The maximum atomic E-state index is 12.6. The first-order valence-corrected chi connectivity index (χ1v) is 8.88. The molecule has 24 heavy (non-hydrogen) atoms. The molecular formula is C19H19N3OS. The van der Waals surface area contributed by atoms with Gasteiger partial charge >= 0.3 is 0 Å². The monoisotopic (exact) mass is 337 g/mol. The molecule has 1 heterocycles. The molecule has 0 unspecified atom stereocenters. The number of hydrogen-bond acceptors (Lipinski definition) is 3. The number of nitrogens with zero attached hydrogens (tertiary/aromatic N) is 3. The zero-order valence-corrected chi connectivity index (χ0v) is 14.5. The van der Waals surface area contributed by atoms with Crippen LogP contribution in [-0.2, 0) is 6.54 Å². The molecule has 1 amide bonds. The van der Waals surface area contributed by atoms with E-state index in [2.05, 4.69) is 35.6 Å². The summed E-state index contributed by atoms with van der Waals surface area (Å²) in [6.45, 7) is 0.573. The lowest BCUT2D eigenvalue weighted by Gasteiger charge is -2.16. The Morgan fingerprint density at radius 2 is 1.83 bits per heavy atom. The topological polar surface area (TPSA) is 38.1 Å². The summed E-state index contributed by atoms with van der Waals surface area (Å²) < 4.78 is 1.72. The molecule has 0 aliphatic heterocycles. The van der Waals surface area contributed by atoms with Crippen molar-refractivity contribution in [3.05, 3.63) is 78.1 Å². The maximum Gasteiger partial charge on any atom is 0.257 e. The third kappa shape index (κ3) is 3.68. The first-order chi connectivity index (χ1) is 11.7. The van der Waals surface area contributed by atoms with Gasteiger partial charge in [0.15, 0.2) is 0 Å². The van der Waals surface area contributed by atoms with Crippen molar-refractivity contribution in [3.8, 4) is 5.69 Å². The van der Waals surface area contributed by atoms with Crippen LogP contribution in [0.5, 0.6) is 0 Å². The van der Waals surface area contributed by atoms with E-state index in [9.17, 15) is 4.79 Å². The van der Waals surface area contributed by atoms with Gasteiger partial charge in [-0.25, -0.2) is 4.68 Å². The van der Waals surface area contributed by atoms with Crippen LogP contribution in [-0.4, -0.2) is 33.9 Å². The molecule has 0 aliphatic rings. The smallest absolute Gasteiger partial charge is 0.257 e. The summed E-state index contributed by atoms with van der Waals surface area (Å²) in [5.41, 5.74) is 2.63. The summed E-state index contributed by atoms with van der Waals surface area (Å²) in [6.07, 6.45) is 5.43. The van der Waals surface area contributed by atoms with Gasteiger partial charge < -0.3 is 4.90 Å². The van der Waals surface area contributed by atoms with Gasteiger partial charge in [-0.2, -0.15) is 5.10 Å². The highest BCUT2D eigenvalue weighted by molar-refractivity contribution is 7.98. The normalized spacial score (nSPS) is 10.6. The van der Waals surface area contributed by atoms with Gasteiger partial charge in [-0.1, -0.05) is 30.3 Å². The summed E-state index contributed by atoms with van der Waals surface area (Å²) in [5, 5.41) is 4.29. The summed E-state index contributed by atoms with van der Waals surface area (Å²) in [4.78, 5) is 15.5. The molecule has 2 aromatic carbocycles. The second-order valence-corrected chi connectivity index (χ2v) is 6.40. The molecule has 5 heteroatoms. The number of thioether (sulfide) groups is 1. The second kappa shape index (κ2) is 7.36. The third-order valence-electron chi connectivity index (χ3n) is 3.78. The molecule has 0 aliphatic carbocycles. The van der Waals surface area contributed by atoms with Crippen LogP contribution in [0.25, 0.3) is 5.69 Å². The Balaban J connectivity index is 1.70. The standard InChI is InChI=1S/C19H19N3OS/c1-21(13-15-8-10-18(24-2)11-9-15)19(23)16-12-20-22(14-16)17-6-4-3-5-7-17/h3-12,14H,13H2,1-2H3. The van der Waals surface area contributed by atoms with E-state index in [4.69, 9.17) is 0 Å². The molecule has 0 saturated heterocycles. The van der Waals surface area contributed by atoms with Crippen LogP contribution in [0.15, 0.2) is 71.9 Å². The minimum Gasteiger partial charge on any atom is -0.337 e. The van der Waals surface area contributed by atoms with Crippen LogP contribution in [0.2, 0.25) is 0 Å². The predicted octanol–water partition coefficient (Wildman–Crippen LogP) is 3.87. The lowest BCUT2D eigenvalue weighted by atomic mass is 10.2. The Morgan fingerprint density at radius 1 is 1.12 bits per heavy atom. The van der Waals surface area contributed by atoms with E-state index >= 15 is 0 Å². The minimum absolute atomic E-state index is 0.0360. The Bertz CT molecular complexity index is 812. The van der Waals surface area contributed by atoms with Crippen LogP contribution in [0, 0.1) is 0 Å². The van der Waals surface area contributed by atoms with Crippen molar-refractivity contribution in [3.63, 3.8) is 0 Å². The summed E-state index contributed by atoms with van der Waals surface area (Å²) in [7, 11) is 1.81. The van der Waals surface area contributed by atoms with Gasteiger partial charge in [0, 0.05) is 24.7 Å². The number of benzene rings is 2. The highest BCUT2D eigenvalue weighted by Crippen LogP contribution is 2.16. The number of rotatable bonds is 5. The van der Waals surface area contributed by atoms with Crippen molar-refractivity contribution in [1.29, 1.82) is 0 Å². The maximum absolute atomic E-state index is 12.6. The molecule has 0 N–H and O–H groups in total. The molecule has 122 valence electrons. The van der Waals surface area contributed by atoms with Crippen LogP contribution in [0.1, 0.15) is 15.9 Å². The van der Waals surface area contributed by atoms with Gasteiger partial charge in [0.25, 0.3) is 5.91 Å². The highest BCUT2D eigenvalue weighted by atomic mass is 32.2. The zero-order valence-electron chi connectivity index (χ0n) is 13.7. The molecule has 1 aromatic heterocycles. The molecule has 0 atom stereocenters. The van der Waals surface area contributed by atoms with Crippen molar-refractivity contribution >= 4 is 17.7 Å². The van der Waals surface area contributed by atoms with Crippen molar-refractivity contribution in [2.75, 3.05) is 13.3 Å². The van der Waals surface area contributed by atoms with Crippen molar-refractivity contribution < 1.29 is 4.79 Å². The van der Waals surface area contributed by atoms with Crippen molar-refractivity contribution in [2.24, 2.45) is 0 Å². The predicted molar refractivity (Wildman–Crippen MR) is 97.6 cm³/mol. The first kappa shape index (κ1) is 16.3. The van der Waals surface area contributed by atoms with Gasteiger partial charge in [-0.3, -0.25) is 4.79 Å². The highest BCUT2D eigenvalue weighted by Gasteiger charge is 2.14. The summed E-state index contributed by atoms with van der Waals surface area (Å²) in [5.74, 6) is -0.0360. The second-order valence-electron chi connectivity index (χ2n) is 5.52. The third-order valence-corrected chi connectivity index (χ3v) is 4.52. The zero-order chi connectivity index (χ0) is 16.9. The fourth-order valence-corrected chi connectivity index (χ4v) is 2.86. The number of aromatic nitrogens is 2. The van der Waals surface area contributed by atoms with E-state index in [1.54, 1.807) is 33.7 Å². The molecule has 0 radical (unpaired) electrons. The van der Waals surface area contributed by atoms with Gasteiger partial charge in [-0.05, 0) is 36.1 Å². The lowest BCUT2D eigenvalue weighted by Crippen LogP contribution is -2.25. The minimum atomic E-state index is -0.0360. The van der Waals surface area contributed by atoms with Gasteiger partial charge in [0.2, 0.25) is 0 Å². The van der Waals surface area contributed by atoms with E-state index in [-0.39, 0.29) is 5.91 Å². The number of hydrogen-bond donors (Lipinski definition) is 0. The van der Waals surface area contributed by atoms with Crippen LogP contribution in [0.3, 0.4) is 0 Å². The number of carbonyl (C=O) groups excluding carboxylic acids is 1. The number of carbonyl (C=O) groups is 1. The SMILES string of the molecule is CSc1ccc(CN(C)C(=O)c2cnn(-c3ccccc3)c2)cc1. The van der Waals surface area contributed by atoms with E-state index in [0.717, 1.165) is 11.3 Å². The summed E-state index contributed by atoms with van der Waals surface area (Å²) >= 11 is 1.71. The van der Waals surface area contributed by atoms with Crippen LogP contribution < -0.4 is 0 Å². The molecule has 3 rings (SSSR count). The average molecular weight is 337 g/mol. The Hall–Kier alpha value is -2.53. The molecule has 0 spiro atoms. The number of amides is 1.